The summed E-state index contributed by atoms with van der Waals surface area (Å²) in [5, 5.41) is 3.67. The molecule has 0 bridgehead atoms. The zero-order valence-electron chi connectivity index (χ0n) is 15.9. The minimum absolute atomic E-state index is 0.0729. The Morgan fingerprint density at radius 1 is 1.10 bits per heavy atom. The summed E-state index contributed by atoms with van der Waals surface area (Å²) in [5.74, 6) is -0.412. The summed E-state index contributed by atoms with van der Waals surface area (Å²) in [6, 6.07) is 13.2. The fourth-order valence-electron chi connectivity index (χ4n) is 3.44. The minimum Gasteiger partial charge on any atom is -0.379 e. The van der Waals surface area contributed by atoms with Gasteiger partial charge in [-0.05, 0) is 23.3 Å². The number of pyridine rings is 1. The van der Waals surface area contributed by atoms with Crippen molar-refractivity contribution in [1.29, 1.82) is 0 Å². The molecule has 0 aliphatic carbocycles. The molecule has 1 aliphatic rings. The van der Waals surface area contributed by atoms with Crippen LogP contribution in [0.15, 0.2) is 53.5 Å². The molecule has 2 aromatic carbocycles. The Morgan fingerprint density at radius 3 is 2.59 bits per heavy atom. The van der Waals surface area contributed by atoms with Crippen molar-refractivity contribution in [2.45, 2.75) is 13.1 Å². The van der Waals surface area contributed by atoms with Gasteiger partial charge in [-0.1, -0.05) is 41.9 Å². The van der Waals surface area contributed by atoms with E-state index in [1.165, 1.54) is 11.8 Å². The number of nitrogens with zero attached hydrogens (tertiary/aromatic N) is 1. The Hall–Kier alpha value is -2.67. The van der Waals surface area contributed by atoms with E-state index in [4.69, 9.17) is 16.3 Å². The van der Waals surface area contributed by atoms with Gasteiger partial charge in [-0.2, -0.15) is 0 Å². The second-order valence-electron chi connectivity index (χ2n) is 7.08. The van der Waals surface area contributed by atoms with Crippen molar-refractivity contribution >= 4 is 28.4 Å². The molecule has 0 saturated carbocycles. The lowest BCUT2D eigenvalue weighted by Crippen LogP contribution is -2.35. The van der Waals surface area contributed by atoms with E-state index in [2.05, 4.69) is 27.3 Å². The molecule has 1 aromatic heterocycles. The largest absolute Gasteiger partial charge is 0.379 e. The predicted molar refractivity (Wildman–Crippen MR) is 113 cm³/mol. The van der Waals surface area contributed by atoms with Gasteiger partial charge in [0.15, 0.2) is 0 Å². The van der Waals surface area contributed by atoms with E-state index in [9.17, 15) is 9.59 Å². The van der Waals surface area contributed by atoms with Crippen molar-refractivity contribution in [2.75, 3.05) is 26.3 Å². The second-order valence-corrected chi connectivity index (χ2v) is 7.49. The van der Waals surface area contributed by atoms with Crippen LogP contribution >= 0.6 is 11.6 Å². The van der Waals surface area contributed by atoms with Crippen LogP contribution < -0.4 is 10.7 Å². The van der Waals surface area contributed by atoms with Gasteiger partial charge in [-0.25, -0.2) is 0 Å². The zero-order chi connectivity index (χ0) is 20.2. The van der Waals surface area contributed by atoms with E-state index in [0.29, 0.717) is 22.5 Å². The number of fused-ring (bicyclic) bond motifs is 1. The molecular weight excluding hydrogens is 390 g/mol. The van der Waals surface area contributed by atoms with Crippen molar-refractivity contribution < 1.29 is 9.53 Å². The van der Waals surface area contributed by atoms with Gasteiger partial charge in [0, 0.05) is 37.8 Å². The topological polar surface area (TPSA) is 74.4 Å². The number of para-hydroxylation sites is 1. The van der Waals surface area contributed by atoms with Gasteiger partial charge in [0.25, 0.3) is 5.91 Å². The minimum atomic E-state index is -0.412. The summed E-state index contributed by atoms with van der Waals surface area (Å²) in [5.41, 5.74) is 2.48. The molecule has 0 spiro atoms. The van der Waals surface area contributed by atoms with Gasteiger partial charge in [0.1, 0.15) is 5.56 Å². The van der Waals surface area contributed by atoms with Crippen LogP contribution in [0.4, 0.5) is 0 Å². The quantitative estimate of drug-likeness (QED) is 0.677. The number of halogens is 1. The molecule has 0 atom stereocenters. The number of rotatable bonds is 5. The van der Waals surface area contributed by atoms with E-state index in [1.54, 1.807) is 18.2 Å². The van der Waals surface area contributed by atoms with Crippen molar-refractivity contribution in [3.05, 3.63) is 80.6 Å². The summed E-state index contributed by atoms with van der Waals surface area (Å²) in [6.45, 7) is 4.70. The number of ether oxygens (including phenoxy) is 1. The zero-order valence-corrected chi connectivity index (χ0v) is 16.7. The first kappa shape index (κ1) is 19.6. The van der Waals surface area contributed by atoms with Crippen LogP contribution in [0, 0.1) is 0 Å². The number of carbonyl (C=O) groups is 1. The number of H-pyrrole nitrogens is 1. The Balaban J connectivity index is 1.40. The number of amides is 1. The first-order valence-corrected chi connectivity index (χ1v) is 9.95. The Kier molecular flexibility index (Phi) is 5.94. The smallest absolute Gasteiger partial charge is 0.257 e. The normalized spacial score (nSPS) is 14.8. The van der Waals surface area contributed by atoms with Gasteiger partial charge in [-0.15, -0.1) is 0 Å². The molecule has 1 fully saturated rings. The van der Waals surface area contributed by atoms with Crippen LogP contribution in [-0.4, -0.2) is 42.1 Å². The molecule has 29 heavy (non-hydrogen) atoms. The van der Waals surface area contributed by atoms with Crippen LogP contribution in [0.5, 0.6) is 0 Å². The fraction of sp³-hybridized carbons (Fsp3) is 0.273. The molecule has 2 N–H and O–H groups in total. The van der Waals surface area contributed by atoms with Crippen molar-refractivity contribution in [3.63, 3.8) is 0 Å². The molecule has 1 aliphatic heterocycles. The van der Waals surface area contributed by atoms with Gasteiger partial charge < -0.3 is 15.0 Å². The Bertz CT molecular complexity index is 1070. The number of benzene rings is 2. The third kappa shape index (κ3) is 4.50. The highest BCUT2D eigenvalue weighted by Gasteiger charge is 2.14. The first-order chi connectivity index (χ1) is 14.1. The van der Waals surface area contributed by atoms with Gasteiger partial charge in [0.2, 0.25) is 5.43 Å². The molecule has 150 valence electrons. The summed E-state index contributed by atoms with van der Waals surface area (Å²) in [7, 11) is 0. The summed E-state index contributed by atoms with van der Waals surface area (Å²) >= 11 is 6.10. The number of aromatic amines is 1. The molecule has 6 nitrogen and oxygen atoms in total. The third-order valence-corrected chi connectivity index (χ3v) is 5.41. The predicted octanol–water partition coefficient (Wildman–Crippen LogP) is 2.94. The van der Waals surface area contributed by atoms with Gasteiger partial charge in [-0.3, -0.25) is 14.5 Å². The lowest BCUT2D eigenvalue weighted by atomic mass is 10.1. The maximum absolute atomic E-state index is 12.6. The molecule has 0 unspecified atom stereocenters. The molecule has 7 heteroatoms. The van der Waals surface area contributed by atoms with E-state index in [-0.39, 0.29) is 11.0 Å². The fourth-order valence-corrected chi connectivity index (χ4v) is 3.67. The average molecular weight is 412 g/mol. The Morgan fingerprint density at radius 2 is 1.83 bits per heavy atom. The standard InChI is InChI=1S/C22H22ClN3O3/c23-19-3-1-2-17-20(19)24-13-18(21(17)27)22(28)25-12-15-4-6-16(7-5-15)14-26-8-10-29-11-9-26/h1-7,13H,8-12,14H2,(H,24,27)(H,25,28). The molecule has 1 saturated heterocycles. The molecule has 4 rings (SSSR count). The maximum Gasteiger partial charge on any atom is 0.257 e. The summed E-state index contributed by atoms with van der Waals surface area (Å²) < 4.78 is 5.37. The lowest BCUT2D eigenvalue weighted by molar-refractivity contribution is 0.0342. The van der Waals surface area contributed by atoms with Gasteiger partial charge in [0.05, 0.1) is 23.8 Å². The van der Waals surface area contributed by atoms with Crippen LogP contribution in [-0.2, 0) is 17.8 Å². The highest BCUT2D eigenvalue weighted by Crippen LogP contribution is 2.18. The van der Waals surface area contributed by atoms with Crippen LogP contribution in [0.3, 0.4) is 0 Å². The lowest BCUT2D eigenvalue weighted by Gasteiger charge is -2.26. The maximum atomic E-state index is 12.6. The number of hydrogen-bond acceptors (Lipinski definition) is 4. The summed E-state index contributed by atoms with van der Waals surface area (Å²) in [6.07, 6.45) is 1.41. The van der Waals surface area contributed by atoms with Crippen molar-refractivity contribution in [3.8, 4) is 0 Å². The molecule has 3 aromatic rings. The molecular formula is C22H22ClN3O3. The van der Waals surface area contributed by atoms with Crippen LogP contribution in [0.1, 0.15) is 21.5 Å². The van der Waals surface area contributed by atoms with Crippen molar-refractivity contribution in [2.24, 2.45) is 0 Å². The number of morpholine rings is 1. The molecule has 2 heterocycles. The molecule has 1 amide bonds. The number of nitrogens with one attached hydrogen (secondary N) is 2. The third-order valence-electron chi connectivity index (χ3n) is 5.09. The Labute approximate surface area is 173 Å². The van der Waals surface area contributed by atoms with Crippen molar-refractivity contribution in [1.82, 2.24) is 15.2 Å². The summed E-state index contributed by atoms with van der Waals surface area (Å²) in [4.78, 5) is 30.4. The molecule has 0 radical (unpaired) electrons. The van der Waals surface area contributed by atoms with E-state index >= 15 is 0 Å². The highest BCUT2D eigenvalue weighted by molar-refractivity contribution is 6.35. The van der Waals surface area contributed by atoms with Crippen LogP contribution in [0.2, 0.25) is 5.02 Å². The van der Waals surface area contributed by atoms with E-state index in [0.717, 1.165) is 38.4 Å². The number of aromatic nitrogens is 1. The second kappa shape index (κ2) is 8.78. The number of hydrogen-bond donors (Lipinski definition) is 2. The van der Waals surface area contributed by atoms with E-state index < -0.39 is 5.91 Å². The van der Waals surface area contributed by atoms with Gasteiger partial charge >= 0.3 is 0 Å². The van der Waals surface area contributed by atoms with E-state index in [1.807, 2.05) is 12.1 Å². The SMILES string of the molecule is O=C(NCc1ccc(CN2CCOCC2)cc1)c1c[nH]c2c(Cl)cccc2c1=O. The van der Waals surface area contributed by atoms with Crippen LogP contribution in [0.25, 0.3) is 10.9 Å². The number of carbonyl (C=O) groups excluding carboxylic acids is 1. The average Bonchev–Trinajstić information content (AvgIpc) is 2.75. The first-order valence-electron chi connectivity index (χ1n) is 9.58. The monoisotopic (exact) mass is 411 g/mol. The highest BCUT2D eigenvalue weighted by atomic mass is 35.5.